The lowest BCUT2D eigenvalue weighted by Gasteiger charge is -2.39. The van der Waals surface area contributed by atoms with E-state index in [1.165, 1.54) is 25.7 Å². The highest BCUT2D eigenvalue weighted by atomic mass is 16.5. The molecule has 2 unspecified atom stereocenters. The van der Waals surface area contributed by atoms with Gasteiger partial charge in [-0.25, -0.2) is 15.0 Å². The highest BCUT2D eigenvalue weighted by molar-refractivity contribution is 5.93. The van der Waals surface area contributed by atoms with E-state index in [-0.39, 0.29) is 0 Å². The molecule has 0 amide bonds. The molecule has 1 aliphatic heterocycles. The van der Waals surface area contributed by atoms with Gasteiger partial charge in [0.05, 0.1) is 31.2 Å². The zero-order valence-corrected chi connectivity index (χ0v) is 17.0. The second kappa shape index (κ2) is 8.31. The molecule has 2 N–H and O–H groups in total. The largest absolute Gasteiger partial charge is 0.494 e. The first-order valence-corrected chi connectivity index (χ1v) is 10.3. The molecule has 0 spiro atoms. The summed E-state index contributed by atoms with van der Waals surface area (Å²) in [4.78, 5) is 16.4. The topological polar surface area (TPSA) is 74.7 Å². The number of aromatic nitrogens is 2. The van der Waals surface area contributed by atoms with Crippen molar-refractivity contribution in [3.63, 3.8) is 0 Å². The van der Waals surface area contributed by atoms with Gasteiger partial charge in [0.1, 0.15) is 5.75 Å². The molecule has 0 radical (unpaired) electrons. The first-order valence-electron chi connectivity index (χ1n) is 10.3. The van der Waals surface area contributed by atoms with Gasteiger partial charge in [0.15, 0.2) is 0 Å². The van der Waals surface area contributed by atoms with Gasteiger partial charge in [-0.05, 0) is 50.8 Å². The van der Waals surface area contributed by atoms with E-state index in [2.05, 4.69) is 37.4 Å². The molecule has 0 saturated heterocycles. The zero-order chi connectivity index (χ0) is 19.5. The van der Waals surface area contributed by atoms with Crippen molar-refractivity contribution in [2.24, 2.45) is 10.9 Å². The van der Waals surface area contributed by atoms with Gasteiger partial charge in [-0.1, -0.05) is 19.8 Å². The van der Waals surface area contributed by atoms with Crippen LogP contribution >= 0.6 is 0 Å². The zero-order valence-electron chi connectivity index (χ0n) is 17.0. The van der Waals surface area contributed by atoms with Crippen LogP contribution < -0.4 is 15.4 Å². The van der Waals surface area contributed by atoms with Crippen molar-refractivity contribution in [1.82, 2.24) is 20.2 Å². The van der Waals surface area contributed by atoms with E-state index in [1.807, 2.05) is 32.0 Å². The first kappa shape index (κ1) is 18.9. The van der Waals surface area contributed by atoms with Crippen molar-refractivity contribution >= 4 is 22.8 Å². The van der Waals surface area contributed by atoms with E-state index in [1.54, 1.807) is 0 Å². The molecule has 7 heteroatoms. The molecule has 4 rings (SSSR count). The van der Waals surface area contributed by atoms with Gasteiger partial charge < -0.3 is 10.1 Å². The fraction of sp³-hybridized carbons (Fsp3) is 0.571. The van der Waals surface area contributed by atoms with Crippen LogP contribution in [0.25, 0.3) is 10.9 Å². The van der Waals surface area contributed by atoms with E-state index >= 15 is 0 Å². The van der Waals surface area contributed by atoms with Crippen molar-refractivity contribution < 1.29 is 4.74 Å². The number of nitrogens with zero attached hydrogens (tertiary/aromatic N) is 4. The molecule has 28 heavy (non-hydrogen) atoms. The van der Waals surface area contributed by atoms with Crippen molar-refractivity contribution in [3.05, 3.63) is 23.9 Å². The molecule has 2 aromatic rings. The van der Waals surface area contributed by atoms with Crippen LogP contribution in [-0.4, -0.2) is 46.8 Å². The molecule has 150 valence electrons. The Labute approximate surface area is 166 Å². The van der Waals surface area contributed by atoms with Crippen LogP contribution in [-0.2, 0) is 0 Å². The van der Waals surface area contributed by atoms with Crippen LogP contribution in [0, 0.1) is 12.8 Å². The Bertz CT molecular complexity index is 867. The minimum atomic E-state index is 0.569. The molecule has 2 aliphatic rings. The number of nitrogens with one attached hydrogen (secondary N) is 2. The fourth-order valence-corrected chi connectivity index (χ4v) is 4.27. The maximum atomic E-state index is 5.58. The minimum absolute atomic E-state index is 0.569. The predicted molar refractivity (Wildman–Crippen MR) is 113 cm³/mol. The summed E-state index contributed by atoms with van der Waals surface area (Å²) in [5.41, 5.74) is 1.82. The van der Waals surface area contributed by atoms with E-state index in [0.29, 0.717) is 25.3 Å². The van der Waals surface area contributed by atoms with Crippen molar-refractivity contribution in [2.75, 3.05) is 25.3 Å². The molecule has 1 aromatic heterocycles. The third-order valence-electron chi connectivity index (χ3n) is 5.79. The number of anilines is 1. The molecular weight excluding hydrogens is 352 g/mol. The number of hydrogen-bond acceptors (Lipinski definition) is 7. The first-order chi connectivity index (χ1) is 13.6. The number of hydrogen-bond donors (Lipinski definition) is 2. The van der Waals surface area contributed by atoms with Gasteiger partial charge in [0.2, 0.25) is 11.9 Å². The SMILES string of the molecule is CCOc1ccc2nc(NC3=NCN(C4CCCCC4C)CN3)nc(C)c2c1. The summed E-state index contributed by atoms with van der Waals surface area (Å²) in [5.74, 6) is 2.90. The number of aliphatic imine (C=N–C) groups is 1. The van der Waals surface area contributed by atoms with Crippen LogP contribution in [0.3, 0.4) is 0 Å². The Kier molecular flexibility index (Phi) is 5.62. The number of ether oxygens (including phenoxy) is 1. The summed E-state index contributed by atoms with van der Waals surface area (Å²) in [6.07, 6.45) is 5.29. The van der Waals surface area contributed by atoms with E-state index in [0.717, 1.165) is 40.9 Å². The van der Waals surface area contributed by atoms with Gasteiger partial charge in [-0.15, -0.1) is 0 Å². The lowest BCUT2D eigenvalue weighted by atomic mass is 9.85. The average molecular weight is 383 g/mol. The lowest BCUT2D eigenvalue weighted by Crippen LogP contribution is -2.52. The summed E-state index contributed by atoms with van der Waals surface area (Å²) in [7, 11) is 0. The second-order valence-corrected chi connectivity index (χ2v) is 7.77. The normalized spacial score (nSPS) is 23.2. The third-order valence-corrected chi connectivity index (χ3v) is 5.79. The average Bonchev–Trinajstić information content (AvgIpc) is 2.70. The monoisotopic (exact) mass is 382 g/mol. The van der Waals surface area contributed by atoms with Crippen molar-refractivity contribution in [1.29, 1.82) is 0 Å². The Morgan fingerprint density at radius 2 is 2.11 bits per heavy atom. The van der Waals surface area contributed by atoms with Crippen molar-refractivity contribution in [2.45, 2.75) is 52.5 Å². The fourth-order valence-electron chi connectivity index (χ4n) is 4.27. The number of guanidine groups is 1. The highest BCUT2D eigenvalue weighted by Gasteiger charge is 2.28. The number of benzene rings is 1. The second-order valence-electron chi connectivity index (χ2n) is 7.77. The third kappa shape index (κ3) is 4.04. The molecule has 1 aliphatic carbocycles. The molecule has 1 aromatic carbocycles. The number of rotatable bonds is 4. The van der Waals surface area contributed by atoms with Crippen LogP contribution in [0.5, 0.6) is 5.75 Å². The smallest absolute Gasteiger partial charge is 0.230 e. The maximum Gasteiger partial charge on any atom is 0.230 e. The molecule has 1 saturated carbocycles. The van der Waals surface area contributed by atoms with E-state index in [9.17, 15) is 0 Å². The summed E-state index contributed by atoms with van der Waals surface area (Å²) < 4.78 is 5.58. The van der Waals surface area contributed by atoms with Crippen LogP contribution in [0.2, 0.25) is 0 Å². The summed E-state index contributed by atoms with van der Waals surface area (Å²) in [5, 5.41) is 7.65. The molecule has 2 atom stereocenters. The minimum Gasteiger partial charge on any atom is -0.494 e. The van der Waals surface area contributed by atoms with Gasteiger partial charge in [0.25, 0.3) is 0 Å². The van der Waals surface area contributed by atoms with Gasteiger partial charge in [-0.2, -0.15) is 0 Å². The maximum absolute atomic E-state index is 5.58. The lowest BCUT2D eigenvalue weighted by molar-refractivity contribution is 0.107. The Morgan fingerprint density at radius 1 is 1.25 bits per heavy atom. The molecule has 0 bridgehead atoms. The van der Waals surface area contributed by atoms with Crippen LogP contribution in [0.15, 0.2) is 23.2 Å². The van der Waals surface area contributed by atoms with Gasteiger partial charge in [0, 0.05) is 11.4 Å². The Hall–Kier alpha value is -2.41. The van der Waals surface area contributed by atoms with E-state index < -0.39 is 0 Å². The van der Waals surface area contributed by atoms with E-state index in [4.69, 9.17) is 4.74 Å². The molecule has 7 nitrogen and oxygen atoms in total. The molecular formula is C21H30N6O. The summed E-state index contributed by atoms with van der Waals surface area (Å²) >= 11 is 0. The predicted octanol–water partition coefficient (Wildman–Crippen LogP) is 3.50. The number of aryl methyl sites for hydroxylation is 1. The van der Waals surface area contributed by atoms with Crippen LogP contribution in [0.1, 0.15) is 45.2 Å². The quantitative estimate of drug-likeness (QED) is 0.843. The standard InChI is InChI=1S/C21H30N6O/c1-4-28-16-9-10-18-17(11-16)15(3)24-21(25-18)26-20-22-12-27(13-23-20)19-8-6-5-7-14(19)2/h9-11,14,19H,4-8,12-13H2,1-3H3,(H2,22,23,24,25,26). The van der Waals surface area contributed by atoms with Crippen molar-refractivity contribution in [3.8, 4) is 5.75 Å². The Balaban J connectivity index is 1.45. The van der Waals surface area contributed by atoms with Crippen LogP contribution in [0.4, 0.5) is 5.95 Å². The summed E-state index contributed by atoms with van der Waals surface area (Å²) in [6.45, 7) is 8.51. The van der Waals surface area contributed by atoms with Gasteiger partial charge in [-0.3, -0.25) is 10.2 Å². The van der Waals surface area contributed by atoms with Gasteiger partial charge >= 0.3 is 0 Å². The molecule has 2 heterocycles. The Morgan fingerprint density at radius 3 is 2.86 bits per heavy atom. The summed E-state index contributed by atoms with van der Waals surface area (Å²) in [6, 6.07) is 6.55. The highest BCUT2D eigenvalue weighted by Crippen LogP contribution is 2.28. The molecule has 1 fully saturated rings. The number of fused-ring (bicyclic) bond motifs is 1.